The summed E-state index contributed by atoms with van der Waals surface area (Å²) in [5.41, 5.74) is 6.34. The van der Waals surface area contributed by atoms with E-state index >= 15 is 0 Å². The number of H-pyrrole nitrogens is 1. The number of nitrogens with zero attached hydrogens (tertiary/aromatic N) is 4. The molecule has 0 fully saturated rings. The van der Waals surface area contributed by atoms with Gasteiger partial charge < -0.3 is 10.6 Å². The Morgan fingerprint density at radius 3 is 2.94 bits per heavy atom. The summed E-state index contributed by atoms with van der Waals surface area (Å²) in [6.45, 7) is 4.28. The van der Waals surface area contributed by atoms with Crippen molar-refractivity contribution >= 4 is 22.8 Å². The maximum Gasteiger partial charge on any atom is 0.224 e. The van der Waals surface area contributed by atoms with Crippen LogP contribution in [0.25, 0.3) is 11.0 Å². The molecule has 3 N–H and O–H groups in total. The molecule has 0 aliphatic carbocycles. The average molecular weight is 220 g/mol. The van der Waals surface area contributed by atoms with Gasteiger partial charge >= 0.3 is 0 Å². The van der Waals surface area contributed by atoms with Crippen LogP contribution in [0.1, 0.15) is 20.3 Å². The van der Waals surface area contributed by atoms with E-state index in [9.17, 15) is 0 Å². The highest BCUT2D eigenvalue weighted by Gasteiger charge is 2.15. The van der Waals surface area contributed by atoms with Crippen LogP contribution >= 0.6 is 0 Å². The Morgan fingerprint density at radius 2 is 2.25 bits per heavy atom. The summed E-state index contributed by atoms with van der Waals surface area (Å²) in [6, 6.07) is 0.396. The van der Waals surface area contributed by atoms with Gasteiger partial charge in [0.05, 0.1) is 11.6 Å². The number of anilines is 2. The molecule has 1 atom stereocenters. The monoisotopic (exact) mass is 220 g/mol. The van der Waals surface area contributed by atoms with Crippen molar-refractivity contribution in [2.75, 3.05) is 17.7 Å². The quantitative estimate of drug-likeness (QED) is 0.811. The first-order chi connectivity index (χ1) is 7.63. The predicted molar refractivity (Wildman–Crippen MR) is 64.3 cm³/mol. The number of nitrogen functional groups attached to an aromatic ring is 1. The van der Waals surface area contributed by atoms with Gasteiger partial charge in [-0.3, -0.25) is 5.10 Å². The van der Waals surface area contributed by atoms with E-state index in [1.165, 1.54) is 0 Å². The van der Waals surface area contributed by atoms with Crippen LogP contribution in [-0.2, 0) is 0 Å². The number of nitrogens with two attached hydrogens (primary N) is 1. The number of rotatable bonds is 3. The molecule has 0 aliphatic rings. The maximum absolute atomic E-state index is 5.67. The second kappa shape index (κ2) is 3.96. The Bertz CT molecular complexity index is 491. The van der Waals surface area contributed by atoms with Crippen LogP contribution in [0.5, 0.6) is 0 Å². The van der Waals surface area contributed by atoms with Gasteiger partial charge in [0.25, 0.3) is 0 Å². The molecule has 0 bridgehead atoms. The summed E-state index contributed by atoms with van der Waals surface area (Å²) in [6.07, 6.45) is 2.77. The van der Waals surface area contributed by atoms with Gasteiger partial charge in [-0.1, -0.05) is 6.92 Å². The maximum atomic E-state index is 5.67. The van der Waals surface area contributed by atoms with E-state index in [-0.39, 0.29) is 5.95 Å². The minimum atomic E-state index is 0.266. The minimum Gasteiger partial charge on any atom is -0.368 e. The first-order valence-electron chi connectivity index (χ1n) is 5.33. The molecule has 0 saturated carbocycles. The number of fused-ring (bicyclic) bond motifs is 1. The summed E-state index contributed by atoms with van der Waals surface area (Å²) in [7, 11) is 2.00. The smallest absolute Gasteiger partial charge is 0.224 e. The van der Waals surface area contributed by atoms with Crippen molar-refractivity contribution in [2.45, 2.75) is 26.3 Å². The molecule has 0 amide bonds. The fourth-order valence-corrected chi connectivity index (χ4v) is 1.59. The van der Waals surface area contributed by atoms with Gasteiger partial charge in [0.2, 0.25) is 5.95 Å². The molecule has 0 radical (unpaired) electrons. The van der Waals surface area contributed by atoms with Crippen molar-refractivity contribution in [1.29, 1.82) is 0 Å². The number of aromatic nitrogens is 4. The van der Waals surface area contributed by atoms with Crippen LogP contribution < -0.4 is 10.6 Å². The third kappa shape index (κ3) is 1.66. The van der Waals surface area contributed by atoms with Crippen molar-refractivity contribution in [3.8, 4) is 0 Å². The molecule has 1 unspecified atom stereocenters. The zero-order valence-corrected chi connectivity index (χ0v) is 9.73. The van der Waals surface area contributed by atoms with Gasteiger partial charge in [-0.15, -0.1) is 0 Å². The lowest BCUT2D eigenvalue weighted by Gasteiger charge is -2.25. The van der Waals surface area contributed by atoms with Gasteiger partial charge in [0, 0.05) is 13.1 Å². The van der Waals surface area contributed by atoms with E-state index in [0.717, 1.165) is 17.6 Å². The Hall–Kier alpha value is -1.85. The largest absolute Gasteiger partial charge is 0.368 e. The molecule has 6 nitrogen and oxygen atoms in total. The van der Waals surface area contributed by atoms with Gasteiger partial charge in [-0.25, -0.2) is 0 Å². The molecule has 86 valence electrons. The van der Waals surface area contributed by atoms with Crippen molar-refractivity contribution < 1.29 is 0 Å². The molecule has 0 spiro atoms. The molecule has 2 heterocycles. The molecule has 0 aromatic carbocycles. The van der Waals surface area contributed by atoms with Crippen molar-refractivity contribution in [3.05, 3.63) is 6.20 Å². The van der Waals surface area contributed by atoms with E-state index in [1.54, 1.807) is 6.20 Å². The third-order valence-electron chi connectivity index (χ3n) is 2.89. The van der Waals surface area contributed by atoms with Gasteiger partial charge in [0.1, 0.15) is 5.82 Å². The van der Waals surface area contributed by atoms with Crippen LogP contribution in [0.15, 0.2) is 6.20 Å². The fraction of sp³-hybridized carbons (Fsp3) is 0.500. The molecular weight excluding hydrogens is 204 g/mol. The van der Waals surface area contributed by atoms with E-state index in [0.29, 0.717) is 11.7 Å². The topological polar surface area (TPSA) is 83.7 Å². The predicted octanol–water partition coefficient (Wildman–Crippen LogP) is 1.17. The molecule has 2 aromatic heterocycles. The first-order valence-corrected chi connectivity index (χ1v) is 5.33. The van der Waals surface area contributed by atoms with Crippen LogP contribution in [0.2, 0.25) is 0 Å². The van der Waals surface area contributed by atoms with E-state index in [2.05, 4.69) is 38.9 Å². The highest BCUT2D eigenvalue weighted by atomic mass is 15.2. The lowest BCUT2D eigenvalue weighted by atomic mass is 10.2. The fourth-order valence-electron chi connectivity index (χ4n) is 1.59. The van der Waals surface area contributed by atoms with Crippen molar-refractivity contribution in [1.82, 2.24) is 20.2 Å². The summed E-state index contributed by atoms with van der Waals surface area (Å²) in [5.74, 6) is 1.09. The normalized spacial score (nSPS) is 12.9. The van der Waals surface area contributed by atoms with Crippen LogP contribution in [0, 0.1) is 0 Å². The lowest BCUT2D eigenvalue weighted by Crippen LogP contribution is -2.29. The average Bonchev–Trinajstić information content (AvgIpc) is 2.73. The standard InChI is InChI=1S/C10H16N6/c1-4-6(2)16(3)9-7-5-12-15-8(7)13-10(11)14-9/h5-6H,4H2,1-3H3,(H3,11,12,13,14,15). The van der Waals surface area contributed by atoms with Gasteiger partial charge in [-0.2, -0.15) is 15.1 Å². The molecule has 16 heavy (non-hydrogen) atoms. The number of aromatic amines is 1. The Kier molecular flexibility index (Phi) is 2.64. The SMILES string of the molecule is CCC(C)N(C)c1nc(N)nc2[nH]ncc12. The first kappa shape index (κ1) is 10.7. The second-order valence-electron chi connectivity index (χ2n) is 3.91. The van der Waals surface area contributed by atoms with E-state index in [1.807, 2.05) is 7.05 Å². The zero-order valence-electron chi connectivity index (χ0n) is 9.73. The number of hydrogen-bond acceptors (Lipinski definition) is 5. The molecular formula is C10H16N6. The van der Waals surface area contributed by atoms with E-state index < -0.39 is 0 Å². The summed E-state index contributed by atoms with van der Waals surface area (Å²) < 4.78 is 0. The van der Waals surface area contributed by atoms with E-state index in [4.69, 9.17) is 5.73 Å². The van der Waals surface area contributed by atoms with Gasteiger partial charge in [0.15, 0.2) is 5.65 Å². The van der Waals surface area contributed by atoms with Crippen molar-refractivity contribution in [3.63, 3.8) is 0 Å². The molecule has 2 aromatic rings. The molecule has 6 heteroatoms. The Labute approximate surface area is 93.9 Å². The summed E-state index contributed by atoms with van der Waals surface area (Å²) in [5, 5.41) is 7.67. The van der Waals surface area contributed by atoms with Crippen LogP contribution in [0.3, 0.4) is 0 Å². The summed E-state index contributed by atoms with van der Waals surface area (Å²) >= 11 is 0. The Balaban J connectivity index is 2.53. The van der Waals surface area contributed by atoms with Gasteiger partial charge in [-0.05, 0) is 13.3 Å². The highest BCUT2D eigenvalue weighted by molar-refractivity contribution is 5.87. The molecule has 0 saturated heterocycles. The number of hydrogen-bond donors (Lipinski definition) is 2. The van der Waals surface area contributed by atoms with Crippen molar-refractivity contribution in [2.24, 2.45) is 0 Å². The second-order valence-corrected chi connectivity index (χ2v) is 3.91. The third-order valence-corrected chi connectivity index (χ3v) is 2.89. The van der Waals surface area contributed by atoms with Crippen LogP contribution in [-0.4, -0.2) is 33.3 Å². The molecule has 2 rings (SSSR count). The zero-order chi connectivity index (χ0) is 11.7. The number of nitrogens with one attached hydrogen (secondary N) is 1. The molecule has 0 aliphatic heterocycles. The summed E-state index contributed by atoms with van der Waals surface area (Å²) in [4.78, 5) is 10.5. The lowest BCUT2D eigenvalue weighted by molar-refractivity contribution is 0.659. The minimum absolute atomic E-state index is 0.266. The highest BCUT2D eigenvalue weighted by Crippen LogP contribution is 2.23. The Morgan fingerprint density at radius 1 is 1.50 bits per heavy atom. The van der Waals surface area contributed by atoms with Crippen LogP contribution in [0.4, 0.5) is 11.8 Å².